The maximum atomic E-state index is 4.12. The standard InChI is InChI=1S/C18H18N2S/c1-14-7-8-17(21-14)13-20-18(15-5-3-2-4-6-15)16-9-11-19-12-10-16/h2-12,18,20H,13H2,1H3. The number of rotatable bonds is 5. The topological polar surface area (TPSA) is 24.9 Å². The van der Waals surface area contributed by atoms with E-state index in [1.807, 2.05) is 23.7 Å². The van der Waals surface area contributed by atoms with Crippen LogP contribution in [0.15, 0.2) is 67.0 Å². The van der Waals surface area contributed by atoms with E-state index in [0.717, 1.165) is 6.54 Å². The summed E-state index contributed by atoms with van der Waals surface area (Å²) >= 11 is 1.85. The van der Waals surface area contributed by atoms with Gasteiger partial charge in [-0.05, 0) is 42.3 Å². The van der Waals surface area contributed by atoms with E-state index >= 15 is 0 Å². The predicted molar refractivity (Wildman–Crippen MR) is 88.4 cm³/mol. The lowest BCUT2D eigenvalue weighted by molar-refractivity contribution is 0.609. The number of nitrogens with one attached hydrogen (secondary N) is 1. The smallest absolute Gasteiger partial charge is 0.0580 e. The molecule has 3 heteroatoms. The zero-order chi connectivity index (χ0) is 14.5. The van der Waals surface area contributed by atoms with Crippen LogP contribution in [0.2, 0.25) is 0 Å². The van der Waals surface area contributed by atoms with Gasteiger partial charge in [0.25, 0.3) is 0 Å². The van der Waals surface area contributed by atoms with E-state index < -0.39 is 0 Å². The highest BCUT2D eigenvalue weighted by atomic mass is 32.1. The van der Waals surface area contributed by atoms with Crippen LogP contribution >= 0.6 is 11.3 Å². The minimum Gasteiger partial charge on any atom is -0.301 e. The highest BCUT2D eigenvalue weighted by Crippen LogP contribution is 2.23. The van der Waals surface area contributed by atoms with Gasteiger partial charge in [-0.1, -0.05) is 30.3 Å². The summed E-state index contributed by atoms with van der Waals surface area (Å²) in [5.74, 6) is 0. The van der Waals surface area contributed by atoms with Gasteiger partial charge in [0, 0.05) is 28.7 Å². The summed E-state index contributed by atoms with van der Waals surface area (Å²) in [5, 5.41) is 3.66. The minimum atomic E-state index is 0.191. The summed E-state index contributed by atoms with van der Waals surface area (Å²) < 4.78 is 0. The predicted octanol–water partition coefficient (Wildman–Crippen LogP) is 4.33. The number of hydrogen-bond acceptors (Lipinski definition) is 3. The maximum Gasteiger partial charge on any atom is 0.0580 e. The molecule has 3 aromatic rings. The molecule has 1 aromatic carbocycles. The van der Waals surface area contributed by atoms with E-state index in [4.69, 9.17) is 0 Å². The van der Waals surface area contributed by atoms with Crippen molar-refractivity contribution in [2.24, 2.45) is 0 Å². The molecule has 0 amide bonds. The Kier molecular flexibility index (Phi) is 4.43. The first-order chi connectivity index (χ1) is 10.3. The number of thiophene rings is 1. The van der Waals surface area contributed by atoms with Crippen LogP contribution < -0.4 is 5.32 Å². The van der Waals surface area contributed by atoms with E-state index in [1.54, 1.807) is 0 Å². The number of hydrogen-bond donors (Lipinski definition) is 1. The Hall–Kier alpha value is -1.97. The molecule has 2 aromatic heterocycles. The first kappa shape index (κ1) is 14.0. The Morgan fingerprint density at radius 1 is 0.952 bits per heavy atom. The summed E-state index contributed by atoms with van der Waals surface area (Å²) in [6.45, 7) is 3.02. The Morgan fingerprint density at radius 3 is 2.33 bits per heavy atom. The summed E-state index contributed by atoms with van der Waals surface area (Å²) in [6, 6.07) is 19.3. The average Bonchev–Trinajstić information content (AvgIpc) is 2.95. The first-order valence-electron chi connectivity index (χ1n) is 7.06. The van der Waals surface area contributed by atoms with Gasteiger partial charge in [-0.2, -0.15) is 0 Å². The SMILES string of the molecule is Cc1ccc(CNC(c2ccccc2)c2ccncc2)s1. The quantitative estimate of drug-likeness (QED) is 0.757. The van der Waals surface area contributed by atoms with Crippen LogP contribution in [0.4, 0.5) is 0 Å². The van der Waals surface area contributed by atoms with Crippen LogP contribution in [-0.4, -0.2) is 4.98 Å². The Morgan fingerprint density at radius 2 is 1.67 bits per heavy atom. The fourth-order valence-corrected chi connectivity index (χ4v) is 3.25. The molecule has 0 saturated heterocycles. The number of nitrogens with zero attached hydrogens (tertiary/aromatic N) is 1. The molecule has 0 aliphatic rings. The van der Waals surface area contributed by atoms with Crippen molar-refractivity contribution in [1.29, 1.82) is 0 Å². The molecule has 1 N–H and O–H groups in total. The molecule has 1 unspecified atom stereocenters. The Balaban J connectivity index is 1.83. The molecule has 0 spiro atoms. The number of pyridine rings is 1. The second-order valence-corrected chi connectivity index (χ2v) is 6.39. The number of benzene rings is 1. The zero-order valence-corrected chi connectivity index (χ0v) is 12.8. The summed E-state index contributed by atoms with van der Waals surface area (Å²) in [5.41, 5.74) is 2.52. The van der Waals surface area contributed by atoms with Crippen LogP contribution in [0.1, 0.15) is 26.9 Å². The van der Waals surface area contributed by atoms with Crippen molar-refractivity contribution in [2.75, 3.05) is 0 Å². The fourth-order valence-electron chi connectivity index (χ4n) is 2.41. The molecule has 2 nitrogen and oxygen atoms in total. The van der Waals surface area contributed by atoms with E-state index in [0.29, 0.717) is 0 Å². The zero-order valence-electron chi connectivity index (χ0n) is 12.0. The monoisotopic (exact) mass is 294 g/mol. The second-order valence-electron chi connectivity index (χ2n) is 5.02. The Bertz CT molecular complexity index is 637. The van der Waals surface area contributed by atoms with Crippen molar-refractivity contribution in [3.05, 3.63) is 87.9 Å². The molecular weight excluding hydrogens is 276 g/mol. The van der Waals surface area contributed by atoms with E-state index in [2.05, 4.69) is 71.8 Å². The third-order valence-corrected chi connectivity index (χ3v) is 4.45. The normalized spacial score (nSPS) is 12.2. The highest BCUT2D eigenvalue weighted by molar-refractivity contribution is 7.11. The van der Waals surface area contributed by atoms with Crippen molar-refractivity contribution < 1.29 is 0 Å². The van der Waals surface area contributed by atoms with Gasteiger partial charge in [0.2, 0.25) is 0 Å². The van der Waals surface area contributed by atoms with Crippen molar-refractivity contribution in [3.8, 4) is 0 Å². The van der Waals surface area contributed by atoms with Gasteiger partial charge in [0.1, 0.15) is 0 Å². The van der Waals surface area contributed by atoms with Gasteiger partial charge in [-0.15, -0.1) is 11.3 Å². The van der Waals surface area contributed by atoms with E-state index in [-0.39, 0.29) is 6.04 Å². The number of aromatic nitrogens is 1. The maximum absolute atomic E-state index is 4.12. The minimum absolute atomic E-state index is 0.191. The van der Waals surface area contributed by atoms with E-state index in [1.165, 1.54) is 20.9 Å². The van der Waals surface area contributed by atoms with Crippen molar-refractivity contribution in [3.63, 3.8) is 0 Å². The van der Waals surface area contributed by atoms with Gasteiger partial charge in [-0.3, -0.25) is 4.98 Å². The van der Waals surface area contributed by atoms with E-state index in [9.17, 15) is 0 Å². The molecule has 106 valence electrons. The molecule has 0 saturated carbocycles. The van der Waals surface area contributed by atoms with Gasteiger partial charge in [-0.25, -0.2) is 0 Å². The van der Waals surface area contributed by atoms with Gasteiger partial charge in [0.05, 0.1) is 6.04 Å². The van der Waals surface area contributed by atoms with Crippen LogP contribution in [0.5, 0.6) is 0 Å². The lowest BCUT2D eigenvalue weighted by atomic mass is 10.00. The molecule has 3 rings (SSSR count). The molecule has 0 aliphatic carbocycles. The summed E-state index contributed by atoms with van der Waals surface area (Å²) in [7, 11) is 0. The molecule has 21 heavy (non-hydrogen) atoms. The molecular formula is C18H18N2S. The lowest BCUT2D eigenvalue weighted by Crippen LogP contribution is -2.21. The molecule has 0 fully saturated rings. The van der Waals surface area contributed by atoms with Crippen molar-refractivity contribution in [2.45, 2.75) is 19.5 Å². The molecule has 0 bridgehead atoms. The molecule has 0 aliphatic heterocycles. The molecule has 1 atom stereocenters. The summed E-state index contributed by atoms with van der Waals surface area (Å²) in [4.78, 5) is 6.83. The van der Waals surface area contributed by atoms with Crippen LogP contribution in [0, 0.1) is 6.92 Å². The first-order valence-corrected chi connectivity index (χ1v) is 7.88. The van der Waals surface area contributed by atoms with Crippen molar-refractivity contribution >= 4 is 11.3 Å². The van der Waals surface area contributed by atoms with Gasteiger partial charge in [0.15, 0.2) is 0 Å². The number of aryl methyl sites for hydroxylation is 1. The third kappa shape index (κ3) is 3.57. The van der Waals surface area contributed by atoms with Crippen LogP contribution in [0.3, 0.4) is 0 Å². The van der Waals surface area contributed by atoms with Crippen LogP contribution in [-0.2, 0) is 6.54 Å². The summed E-state index contributed by atoms with van der Waals surface area (Å²) in [6.07, 6.45) is 3.70. The Labute approximate surface area is 129 Å². The third-order valence-electron chi connectivity index (χ3n) is 3.45. The molecule has 2 heterocycles. The van der Waals surface area contributed by atoms with Crippen LogP contribution in [0.25, 0.3) is 0 Å². The average molecular weight is 294 g/mol. The van der Waals surface area contributed by atoms with Crippen molar-refractivity contribution in [1.82, 2.24) is 10.3 Å². The van der Waals surface area contributed by atoms with Gasteiger partial charge >= 0.3 is 0 Å². The fraction of sp³-hybridized carbons (Fsp3) is 0.167. The van der Waals surface area contributed by atoms with Gasteiger partial charge < -0.3 is 5.32 Å². The second kappa shape index (κ2) is 6.66. The largest absolute Gasteiger partial charge is 0.301 e. The lowest BCUT2D eigenvalue weighted by Gasteiger charge is -2.19. The molecule has 0 radical (unpaired) electrons. The highest BCUT2D eigenvalue weighted by Gasteiger charge is 2.13.